The molecule has 1 heterocycles. The molecule has 66 valence electrons. The van der Waals surface area contributed by atoms with Crippen molar-refractivity contribution in [1.82, 2.24) is 10.3 Å². The maximum atomic E-state index is 11.3. The van der Waals surface area contributed by atoms with Gasteiger partial charge in [-0.15, -0.1) is 11.3 Å². The molecule has 0 aromatic carbocycles. The van der Waals surface area contributed by atoms with E-state index in [-0.39, 0.29) is 11.9 Å². The Kier molecular flexibility index (Phi) is 3.68. The van der Waals surface area contributed by atoms with Gasteiger partial charge in [0.2, 0.25) is 0 Å². The minimum atomic E-state index is -0.0514. The molecule has 0 spiro atoms. The summed E-state index contributed by atoms with van der Waals surface area (Å²) in [6, 6.07) is 0.152. The first-order chi connectivity index (χ1) is 5.74. The lowest BCUT2D eigenvalue weighted by Crippen LogP contribution is -2.32. The van der Waals surface area contributed by atoms with Gasteiger partial charge in [-0.1, -0.05) is 15.9 Å². The first-order valence-corrected chi connectivity index (χ1v) is 5.49. The van der Waals surface area contributed by atoms with Crippen LogP contribution in [0.2, 0.25) is 0 Å². The Morgan fingerprint density at radius 3 is 3.17 bits per heavy atom. The zero-order valence-electron chi connectivity index (χ0n) is 6.58. The lowest BCUT2D eigenvalue weighted by Gasteiger charge is -2.08. The van der Waals surface area contributed by atoms with Crippen LogP contribution in [0, 0.1) is 0 Å². The molecular weight excluding hydrogens is 240 g/mol. The van der Waals surface area contributed by atoms with Gasteiger partial charge in [-0.3, -0.25) is 9.78 Å². The van der Waals surface area contributed by atoms with Gasteiger partial charge < -0.3 is 5.32 Å². The van der Waals surface area contributed by atoms with E-state index in [4.69, 9.17) is 0 Å². The molecule has 1 rings (SSSR count). The van der Waals surface area contributed by atoms with Crippen molar-refractivity contribution in [2.45, 2.75) is 13.0 Å². The topological polar surface area (TPSA) is 42.0 Å². The summed E-state index contributed by atoms with van der Waals surface area (Å²) in [5.74, 6) is -0.0514. The normalized spacial score (nSPS) is 12.5. The van der Waals surface area contributed by atoms with E-state index in [2.05, 4.69) is 26.2 Å². The third-order valence-corrected chi connectivity index (χ3v) is 3.01. The summed E-state index contributed by atoms with van der Waals surface area (Å²) in [7, 11) is 0. The average Bonchev–Trinajstić information content (AvgIpc) is 2.56. The standard InChI is InChI=1S/C7H9BrN2OS/c1-5(2-8)10-7(11)6-3-9-4-12-6/h3-5H,2H2,1H3,(H,10,11). The van der Waals surface area contributed by atoms with Gasteiger partial charge in [0.1, 0.15) is 4.88 Å². The number of aromatic nitrogens is 1. The predicted molar refractivity (Wildman–Crippen MR) is 52.8 cm³/mol. The van der Waals surface area contributed by atoms with Gasteiger partial charge in [-0.25, -0.2) is 0 Å². The summed E-state index contributed by atoms with van der Waals surface area (Å²) in [5.41, 5.74) is 1.65. The molecule has 1 aromatic heterocycles. The van der Waals surface area contributed by atoms with Crippen molar-refractivity contribution in [2.75, 3.05) is 5.33 Å². The summed E-state index contributed by atoms with van der Waals surface area (Å²) < 4.78 is 0. The monoisotopic (exact) mass is 248 g/mol. The number of carbonyl (C=O) groups excluding carboxylic acids is 1. The minimum absolute atomic E-state index is 0.0514. The van der Waals surface area contributed by atoms with Crippen LogP contribution in [-0.2, 0) is 0 Å². The van der Waals surface area contributed by atoms with Crippen molar-refractivity contribution in [3.63, 3.8) is 0 Å². The van der Waals surface area contributed by atoms with Crippen molar-refractivity contribution in [3.8, 4) is 0 Å². The van der Waals surface area contributed by atoms with E-state index < -0.39 is 0 Å². The van der Waals surface area contributed by atoms with Crippen molar-refractivity contribution in [2.24, 2.45) is 0 Å². The van der Waals surface area contributed by atoms with Crippen LogP contribution in [0.1, 0.15) is 16.6 Å². The summed E-state index contributed by atoms with van der Waals surface area (Å²) in [6.45, 7) is 1.94. The van der Waals surface area contributed by atoms with E-state index in [0.29, 0.717) is 4.88 Å². The molecule has 5 heteroatoms. The number of hydrogen-bond acceptors (Lipinski definition) is 3. The summed E-state index contributed by atoms with van der Waals surface area (Å²) in [4.78, 5) is 15.8. The first kappa shape index (κ1) is 9.67. The Morgan fingerprint density at radius 1 is 1.92 bits per heavy atom. The first-order valence-electron chi connectivity index (χ1n) is 3.49. The Hall–Kier alpha value is -0.420. The molecule has 3 nitrogen and oxygen atoms in total. The molecule has 0 radical (unpaired) electrons. The highest BCUT2D eigenvalue weighted by molar-refractivity contribution is 9.09. The third-order valence-electron chi connectivity index (χ3n) is 1.27. The van der Waals surface area contributed by atoms with E-state index in [1.54, 1.807) is 11.7 Å². The molecule has 0 fully saturated rings. The number of nitrogens with one attached hydrogen (secondary N) is 1. The quantitative estimate of drug-likeness (QED) is 0.828. The lowest BCUT2D eigenvalue weighted by atomic mass is 10.4. The molecule has 12 heavy (non-hydrogen) atoms. The maximum Gasteiger partial charge on any atom is 0.263 e. The van der Waals surface area contributed by atoms with Gasteiger partial charge in [0.25, 0.3) is 5.91 Å². The van der Waals surface area contributed by atoms with Crippen LogP contribution >= 0.6 is 27.3 Å². The van der Waals surface area contributed by atoms with Gasteiger partial charge in [-0.05, 0) is 6.92 Å². The van der Waals surface area contributed by atoms with E-state index in [0.717, 1.165) is 5.33 Å². The van der Waals surface area contributed by atoms with Crippen LogP contribution in [0.5, 0.6) is 0 Å². The highest BCUT2D eigenvalue weighted by atomic mass is 79.9. The molecule has 1 N–H and O–H groups in total. The third kappa shape index (κ3) is 2.57. The summed E-state index contributed by atoms with van der Waals surface area (Å²) >= 11 is 4.62. The fourth-order valence-corrected chi connectivity index (χ4v) is 1.35. The van der Waals surface area contributed by atoms with Crippen LogP contribution in [0.15, 0.2) is 11.7 Å². The molecule has 1 unspecified atom stereocenters. The number of alkyl halides is 1. The van der Waals surface area contributed by atoms with Gasteiger partial charge >= 0.3 is 0 Å². The number of halogens is 1. The molecule has 0 bridgehead atoms. The summed E-state index contributed by atoms with van der Waals surface area (Å²) in [6.07, 6.45) is 1.57. The second-order valence-corrected chi connectivity index (χ2v) is 3.93. The molecule has 0 saturated heterocycles. The molecular formula is C7H9BrN2OS. The number of rotatable bonds is 3. The van der Waals surface area contributed by atoms with Gasteiger partial charge in [-0.2, -0.15) is 0 Å². The largest absolute Gasteiger partial charge is 0.348 e. The smallest absolute Gasteiger partial charge is 0.263 e. The highest BCUT2D eigenvalue weighted by Gasteiger charge is 2.09. The Bertz CT molecular complexity index is 250. The number of hydrogen-bond donors (Lipinski definition) is 1. The van der Waals surface area contributed by atoms with Gasteiger partial charge in [0.15, 0.2) is 0 Å². The Labute approximate surface area is 83.3 Å². The predicted octanol–water partition coefficient (Wildman–Crippen LogP) is 1.66. The van der Waals surface area contributed by atoms with Crippen LogP contribution in [-0.4, -0.2) is 22.3 Å². The second kappa shape index (κ2) is 4.57. The van der Waals surface area contributed by atoms with E-state index >= 15 is 0 Å². The zero-order chi connectivity index (χ0) is 8.97. The number of carbonyl (C=O) groups is 1. The van der Waals surface area contributed by atoms with E-state index in [1.807, 2.05) is 6.92 Å². The molecule has 1 atom stereocenters. The fourth-order valence-electron chi connectivity index (χ4n) is 0.661. The van der Waals surface area contributed by atoms with Gasteiger partial charge in [0.05, 0.1) is 11.7 Å². The van der Waals surface area contributed by atoms with Crippen LogP contribution in [0.3, 0.4) is 0 Å². The highest BCUT2D eigenvalue weighted by Crippen LogP contribution is 2.05. The molecule has 0 saturated carbocycles. The second-order valence-electron chi connectivity index (χ2n) is 2.39. The van der Waals surface area contributed by atoms with Crippen molar-refractivity contribution >= 4 is 33.2 Å². The van der Waals surface area contributed by atoms with Gasteiger partial charge in [0, 0.05) is 11.4 Å². The van der Waals surface area contributed by atoms with Crippen LogP contribution < -0.4 is 5.32 Å². The maximum absolute atomic E-state index is 11.3. The Morgan fingerprint density at radius 2 is 2.67 bits per heavy atom. The Balaban J connectivity index is 2.50. The van der Waals surface area contributed by atoms with Crippen molar-refractivity contribution in [1.29, 1.82) is 0 Å². The van der Waals surface area contributed by atoms with Crippen molar-refractivity contribution in [3.05, 3.63) is 16.6 Å². The number of nitrogens with zero attached hydrogens (tertiary/aromatic N) is 1. The lowest BCUT2D eigenvalue weighted by molar-refractivity contribution is 0.0948. The molecule has 0 aliphatic carbocycles. The molecule has 1 aromatic rings. The summed E-state index contributed by atoms with van der Waals surface area (Å²) in [5, 5.41) is 3.58. The minimum Gasteiger partial charge on any atom is -0.348 e. The van der Waals surface area contributed by atoms with Crippen molar-refractivity contribution < 1.29 is 4.79 Å². The van der Waals surface area contributed by atoms with Crippen LogP contribution in [0.4, 0.5) is 0 Å². The molecule has 1 amide bonds. The van der Waals surface area contributed by atoms with E-state index in [1.165, 1.54) is 11.3 Å². The SMILES string of the molecule is CC(CBr)NC(=O)c1cncs1. The van der Waals surface area contributed by atoms with E-state index in [9.17, 15) is 4.79 Å². The number of thiazole rings is 1. The molecule has 0 aliphatic heterocycles. The molecule has 0 aliphatic rings. The average molecular weight is 249 g/mol. The number of amides is 1. The van der Waals surface area contributed by atoms with Crippen LogP contribution in [0.25, 0.3) is 0 Å². The zero-order valence-corrected chi connectivity index (χ0v) is 8.98. The fraction of sp³-hybridized carbons (Fsp3) is 0.429.